The SMILES string of the molecule is C=CCn1c(=O)c2c(nc3n2CCN3c2ccc(C)cc2C)n(C)c1=O. The second-order valence-electron chi connectivity index (χ2n) is 6.72. The van der Waals surface area contributed by atoms with Crippen molar-refractivity contribution in [3.63, 3.8) is 0 Å². The smallest absolute Gasteiger partial charge is 0.310 e. The van der Waals surface area contributed by atoms with Crippen LogP contribution in [-0.2, 0) is 20.1 Å². The Morgan fingerprint density at radius 3 is 2.69 bits per heavy atom. The van der Waals surface area contributed by atoms with Crippen molar-refractivity contribution in [2.24, 2.45) is 7.05 Å². The van der Waals surface area contributed by atoms with Crippen LogP contribution in [0.15, 0.2) is 40.4 Å². The molecule has 0 atom stereocenters. The van der Waals surface area contributed by atoms with Gasteiger partial charge in [0.1, 0.15) is 0 Å². The minimum atomic E-state index is -0.378. The van der Waals surface area contributed by atoms with Gasteiger partial charge < -0.3 is 9.47 Å². The van der Waals surface area contributed by atoms with Gasteiger partial charge in [-0.15, -0.1) is 6.58 Å². The quantitative estimate of drug-likeness (QED) is 0.676. The molecule has 0 amide bonds. The monoisotopic (exact) mass is 351 g/mol. The van der Waals surface area contributed by atoms with Gasteiger partial charge in [0.2, 0.25) is 5.95 Å². The molecule has 7 heteroatoms. The predicted octanol–water partition coefficient (Wildman–Crippen LogP) is 1.85. The Labute approximate surface area is 150 Å². The number of nitrogens with zero attached hydrogens (tertiary/aromatic N) is 5. The minimum Gasteiger partial charge on any atom is -0.310 e. The van der Waals surface area contributed by atoms with Crippen molar-refractivity contribution in [2.75, 3.05) is 11.4 Å². The number of fused-ring (bicyclic) bond motifs is 3. The second-order valence-corrected chi connectivity index (χ2v) is 6.72. The normalized spacial score (nSPS) is 13.4. The summed E-state index contributed by atoms with van der Waals surface area (Å²) in [6.07, 6.45) is 1.55. The van der Waals surface area contributed by atoms with Gasteiger partial charge in [0.15, 0.2) is 11.2 Å². The highest BCUT2D eigenvalue weighted by Crippen LogP contribution is 2.33. The highest BCUT2D eigenvalue weighted by molar-refractivity contribution is 5.78. The van der Waals surface area contributed by atoms with E-state index in [9.17, 15) is 9.59 Å². The summed E-state index contributed by atoms with van der Waals surface area (Å²) in [5.41, 5.74) is 3.63. The molecule has 0 aliphatic carbocycles. The standard InChI is InChI=1S/C19H21N5O2/c1-5-8-24-17(25)15-16(21(4)19(24)26)20-18-22(9-10-23(15)18)14-7-6-12(2)11-13(14)3/h5-7,11H,1,8-10H2,2-4H3. The molecule has 134 valence electrons. The van der Waals surface area contributed by atoms with Crippen LogP contribution in [0.4, 0.5) is 11.6 Å². The molecule has 0 saturated carbocycles. The van der Waals surface area contributed by atoms with Gasteiger partial charge in [-0.05, 0) is 25.5 Å². The highest BCUT2D eigenvalue weighted by Gasteiger charge is 2.29. The second kappa shape index (κ2) is 5.72. The van der Waals surface area contributed by atoms with Crippen molar-refractivity contribution in [3.05, 3.63) is 62.8 Å². The lowest BCUT2D eigenvalue weighted by molar-refractivity contribution is 0.662. The summed E-state index contributed by atoms with van der Waals surface area (Å²) in [5.74, 6) is 0.704. The Bertz CT molecular complexity index is 1170. The number of allylic oxidation sites excluding steroid dienone is 1. The molecule has 4 rings (SSSR count). The molecule has 7 nitrogen and oxygen atoms in total. The zero-order valence-electron chi connectivity index (χ0n) is 15.2. The van der Waals surface area contributed by atoms with E-state index in [1.165, 1.54) is 14.7 Å². The molecule has 0 bridgehead atoms. The number of hydrogen-bond acceptors (Lipinski definition) is 4. The van der Waals surface area contributed by atoms with Crippen molar-refractivity contribution in [1.29, 1.82) is 0 Å². The van der Waals surface area contributed by atoms with E-state index in [0.29, 0.717) is 23.7 Å². The maximum atomic E-state index is 12.9. The number of rotatable bonds is 3. The van der Waals surface area contributed by atoms with E-state index in [-0.39, 0.29) is 17.8 Å². The Morgan fingerprint density at radius 2 is 2.00 bits per heavy atom. The van der Waals surface area contributed by atoms with Crippen LogP contribution in [-0.4, -0.2) is 25.2 Å². The summed E-state index contributed by atoms with van der Waals surface area (Å²) in [6.45, 7) is 9.35. The average Bonchev–Trinajstić information content (AvgIpc) is 3.16. The summed E-state index contributed by atoms with van der Waals surface area (Å²) in [4.78, 5) is 32.1. The lowest BCUT2D eigenvalue weighted by atomic mass is 10.1. The third-order valence-corrected chi connectivity index (χ3v) is 4.96. The summed E-state index contributed by atoms with van der Waals surface area (Å²) in [7, 11) is 1.65. The molecule has 0 spiro atoms. The number of hydrogen-bond donors (Lipinski definition) is 0. The van der Waals surface area contributed by atoms with Crippen LogP contribution in [0.3, 0.4) is 0 Å². The fraction of sp³-hybridized carbons (Fsp3) is 0.316. The van der Waals surface area contributed by atoms with E-state index in [4.69, 9.17) is 0 Å². The first kappa shape index (κ1) is 16.4. The molecule has 0 unspecified atom stereocenters. The number of aryl methyl sites for hydroxylation is 3. The van der Waals surface area contributed by atoms with Gasteiger partial charge in [0.05, 0.1) is 0 Å². The summed E-state index contributed by atoms with van der Waals surface area (Å²) >= 11 is 0. The molecule has 0 saturated heterocycles. The fourth-order valence-corrected chi connectivity index (χ4v) is 3.70. The molecule has 3 aromatic rings. The topological polar surface area (TPSA) is 65.1 Å². The number of benzene rings is 1. The molecule has 0 fully saturated rings. The zero-order chi connectivity index (χ0) is 18.6. The lowest BCUT2D eigenvalue weighted by Gasteiger charge is -2.19. The minimum absolute atomic E-state index is 0.183. The third kappa shape index (κ3) is 2.16. The van der Waals surface area contributed by atoms with Gasteiger partial charge >= 0.3 is 5.69 Å². The van der Waals surface area contributed by atoms with E-state index in [1.54, 1.807) is 13.1 Å². The van der Waals surface area contributed by atoms with E-state index < -0.39 is 0 Å². The van der Waals surface area contributed by atoms with Crippen LogP contribution in [0, 0.1) is 13.8 Å². The third-order valence-electron chi connectivity index (χ3n) is 4.96. The predicted molar refractivity (Wildman–Crippen MR) is 102 cm³/mol. The van der Waals surface area contributed by atoms with Crippen LogP contribution in [0.1, 0.15) is 11.1 Å². The van der Waals surface area contributed by atoms with E-state index in [0.717, 1.165) is 17.8 Å². The van der Waals surface area contributed by atoms with Gasteiger partial charge in [-0.3, -0.25) is 13.9 Å². The van der Waals surface area contributed by atoms with Gasteiger partial charge in [-0.1, -0.05) is 23.8 Å². The van der Waals surface area contributed by atoms with Crippen molar-refractivity contribution >= 4 is 22.8 Å². The van der Waals surface area contributed by atoms with Crippen LogP contribution >= 0.6 is 0 Å². The highest BCUT2D eigenvalue weighted by atomic mass is 16.2. The molecule has 0 N–H and O–H groups in total. The molecule has 1 aromatic carbocycles. The van der Waals surface area contributed by atoms with Crippen LogP contribution in [0.2, 0.25) is 0 Å². The maximum Gasteiger partial charge on any atom is 0.332 e. The lowest BCUT2D eigenvalue weighted by Crippen LogP contribution is -2.39. The molecular weight excluding hydrogens is 330 g/mol. The van der Waals surface area contributed by atoms with Crippen LogP contribution in [0.5, 0.6) is 0 Å². The average molecular weight is 351 g/mol. The van der Waals surface area contributed by atoms with E-state index >= 15 is 0 Å². The van der Waals surface area contributed by atoms with E-state index in [2.05, 4.69) is 48.5 Å². The summed E-state index contributed by atoms with van der Waals surface area (Å²) in [5, 5.41) is 0. The first-order valence-electron chi connectivity index (χ1n) is 8.59. The molecule has 3 heterocycles. The molecule has 26 heavy (non-hydrogen) atoms. The van der Waals surface area contributed by atoms with Gasteiger partial charge in [0.25, 0.3) is 5.56 Å². The maximum absolute atomic E-state index is 12.9. The van der Waals surface area contributed by atoms with Crippen molar-refractivity contribution in [2.45, 2.75) is 26.9 Å². The fourth-order valence-electron chi connectivity index (χ4n) is 3.70. The van der Waals surface area contributed by atoms with Crippen molar-refractivity contribution in [1.82, 2.24) is 18.7 Å². The van der Waals surface area contributed by atoms with Gasteiger partial charge in [0, 0.05) is 32.4 Å². The Morgan fingerprint density at radius 1 is 1.23 bits per heavy atom. The Hall–Kier alpha value is -3.09. The first-order chi connectivity index (χ1) is 12.4. The Balaban J connectivity index is 1.98. The summed E-state index contributed by atoms with van der Waals surface area (Å²) in [6, 6.07) is 6.28. The molecule has 1 aliphatic rings. The van der Waals surface area contributed by atoms with Crippen molar-refractivity contribution < 1.29 is 0 Å². The first-order valence-corrected chi connectivity index (χ1v) is 8.59. The number of imidazole rings is 1. The van der Waals surface area contributed by atoms with Crippen LogP contribution in [0.25, 0.3) is 11.2 Å². The largest absolute Gasteiger partial charge is 0.332 e. The van der Waals surface area contributed by atoms with Crippen molar-refractivity contribution in [3.8, 4) is 0 Å². The molecule has 1 aliphatic heterocycles. The zero-order valence-corrected chi connectivity index (χ0v) is 15.2. The summed E-state index contributed by atoms with van der Waals surface area (Å²) < 4.78 is 4.55. The molecular formula is C19H21N5O2. The van der Waals surface area contributed by atoms with Crippen LogP contribution < -0.4 is 16.1 Å². The number of aromatic nitrogens is 4. The van der Waals surface area contributed by atoms with Gasteiger partial charge in [-0.25, -0.2) is 4.79 Å². The van der Waals surface area contributed by atoms with E-state index in [1.807, 2.05) is 4.57 Å². The molecule has 0 radical (unpaired) electrons. The number of anilines is 2. The molecule has 2 aromatic heterocycles. The van der Waals surface area contributed by atoms with Gasteiger partial charge in [-0.2, -0.15) is 4.98 Å². The Kier molecular flexibility index (Phi) is 3.61.